The Morgan fingerprint density at radius 2 is 1.81 bits per heavy atom. The summed E-state index contributed by atoms with van der Waals surface area (Å²) in [6.07, 6.45) is 5.59. The van der Waals surface area contributed by atoms with Crippen molar-refractivity contribution < 1.29 is 15.0 Å². The van der Waals surface area contributed by atoms with Crippen LogP contribution in [0.4, 0.5) is 0 Å². The van der Waals surface area contributed by atoms with Gasteiger partial charge in [-0.2, -0.15) is 0 Å². The first-order valence-corrected chi connectivity index (χ1v) is 5.38. The number of hydrogen-bond donors (Lipinski definition) is 2. The van der Waals surface area contributed by atoms with E-state index in [4.69, 9.17) is 5.11 Å². The molecule has 0 radical (unpaired) electrons. The molecule has 0 aliphatic carbocycles. The highest BCUT2D eigenvalue weighted by Gasteiger charge is 2.23. The highest BCUT2D eigenvalue weighted by molar-refractivity contribution is 5.90. The van der Waals surface area contributed by atoms with Crippen LogP contribution in [0.15, 0.2) is 36.0 Å². The molecule has 0 rings (SSSR count). The molecule has 2 N–H and O–H groups in total. The van der Waals surface area contributed by atoms with Crippen LogP contribution in [0.1, 0.15) is 33.6 Å². The van der Waals surface area contributed by atoms with Crippen molar-refractivity contribution in [2.45, 2.75) is 39.2 Å². The second kappa shape index (κ2) is 6.28. The SMILES string of the molecule is C=C/C(=C\C=C(/C)C(O)(CC)CC)C(=O)O. The molecule has 0 saturated carbocycles. The molecule has 0 aliphatic rings. The van der Waals surface area contributed by atoms with Gasteiger partial charge in [0.1, 0.15) is 0 Å². The average molecular weight is 224 g/mol. The lowest BCUT2D eigenvalue weighted by atomic mass is 9.89. The first-order valence-electron chi connectivity index (χ1n) is 5.38. The Labute approximate surface area is 96.8 Å². The van der Waals surface area contributed by atoms with Gasteiger partial charge < -0.3 is 10.2 Å². The number of rotatable bonds is 6. The highest BCUT2D eigenvalue weighted by Crippen LogP contribution is 2.24. The summed E-state index contributed by atoms with van der Waals surface area (Å²) in [6.45, 7) is 9.02. The molecule has 0 fully saturated rings. The molecule has 0 atom stereocenters. The van der Waals surface area contributed by atoms with Gasteiger partial charge in [-0.15, -0.1) is 0 Å². The summed E-state index contributed by atoms with van der Waals surface area (Å²) in [5, 5.41) is 18.9. The van der Waals surface area contributed by atoms with Gasteiger partial charge in [0.15, 0.2) is 0 Å². The van der Waals surface area contributed by atoms with E-state index in [1.807, 2.05) is 13.8 Å². The van der Waals surface area contributed by atoms with Gasteiger partial charge in [-0.1, -0.05) is 32.6 Å². The van der Waals surface area contributed by atoms with Crippen LogP contribution in [0.25, 0.3) is 0 Å². The minimum Gasteiger partial charge on any atom is -0.478 e. The molecule has 3 nitrogen and oxygen atoms in total. The van der Waals surface area contributed by atoms with Gasteiger partial charge in [0.2, 0.25) is 0 Å². The fourth-order valence-corrected chi connectivity index (χ4v) is 1.40. The van der Waals surface area contributed by atoms with E-state index in [1.165, 1.54) is 12.2 Å². The molecule has 0 aromatic rings. The van der Waals surface area contributed by atoms with Crippen LogP contribution in [0.2, 0.25) is 0 Å². The smallest absolute Gasteiger partial charge is 0.335 e. The Morgan fingerprint density at radius 1 is 1.31 bits per heavy atom. The van der Waals surface area contributed by atoms with E-state index < -0.39 is 11.6 Å². The van der Waals surface area contributed by atoms with Crippen LogP contribution in [0.5, 0.6) is 0 Å². The predicted octanol–water partition coefficient (Wildman–Crippen LogP) is 2.68. The topological polar surface area (TPSA) is 57.5 Å². The number of carboxylic acids is 1. The molecule has 3 heteroatoms. The summed E-state index contributed by atoms with van der Waals surface area (Å²) in [4.78, 5) is 10.7. The second-order valence-corrected chi connectivity index (χ2v) is 3.72. The van der Waals surface area contributed by atoms with Crippen molar-refractivity contribution in [1.82, 2.24) is 0 Å². The van der Waals surface area contributed by atoms with E-state index in [0.29, 0.717) is 12.8 Å². The van der Waals surface area contributed by atoms with Gasteiger partial charge in [0.25, 0.3) is 0 Å². The van der Waals surface area contributed by atoms with Crippen molar-refractivity contribution in [2.24, 2.45) is 0 Å². The Balaban J connectivity index is 5.04. The molecule has 90 valence electrons. The van der Waals surface area contributed by atoms with Crippen LogP contribution < -0.4 is 0 Å². The lowest BCUT2D eigenvalue weighted by Crippen LogP contribution is -2.27. The first kappa shape index (κ1) is 14.6. The lowest BCUT2D eigenvalue weighted by molar-refractivity contribution is -0.132. The summed E-state index contributed by atoms with van der Waals surface area (Å²) in [6, 6.07) is 0. The molecule has 0 spiro atoms. The van der Waals surface area contributed by atoms with E-state index in [2.05, 4.69) is 6.58 Å². The van der Waals surface area contributed by atoms with Crippen LogP contribution in [0, 0.1) is 0 Å². The van der Waals surface area contributed by atoms with E-state index >= 15 is 0 Å². The minimum absolute atomic E-state index is 0.119. The minimum atomic E-state index is -1.02. The molecule has 0 aliphatic heterocycles. The molecular weight excluding hydrogens is 204 g/mol. The lowest BCUT2D eigenvalue weighted by Gasteiger charge is -2.26. The summed E-state index contributed by atoms with van der Waals surface area (Å²) < 4.78 is 0. The van der Waals surface area contributed by atoms with Crippen molar-refractivity contribution in [1.29, 1.82) is 0 Å². The summed E-state index contributed by atoms with van der Waals surface area (Å²) in [5.74, 6) is -1.02. The standard InChI is InChI=1S/C13H20O3/c1-5-11(12(14)15)9-8-10(4)13(16,6-2)7-3/h5,8-9,16H,1,6-7H2,2-4H3,(H,14,15)/b10-8+,11-9+. The zero-order valence-electron chi connectivity index (χ0n) is 10.2. The molecule has 0 aromatic heterocycles. The first-order chi connectivity index (χ1) is 7.41. The fourth-order valence-electron chi connectivity index (χ4n) is 1.40. The normalized spacial score (nSPS) is 13.8. The molecule has 0 bridgehead atoms. The Bertz CT molecular complexity index is 320. The van der Waals surface area contributed by atoms with Crippen molar-refractivity contribution in [2.75, 3.05) is 0 Å². The number of allylic oxidation sites excluding steroid dienone is 2. The third-order valence-electron chi connectivity index (χ3n) is 2.88. The quantitative estimate of drug-likeness (QED) is 0.538. The molecule has 0 saturated heterocycles. The fraction of sp³-hybridized carbons (Fsp3) is 0.462. The van der Waals surface area contributed by atoms with Gasteiger partial charge in [-0.25, -0.2) is 4.79 Å². The Morgan fingerprint density at radius 3 is 2.12 bits per heavy atom. The van der Waals surface area contributed by atoms with E-state index in [1.54, 1.807) is 13.0 Å². The van der Waals surface area contributed by atoms with E-state index in [0.717, 1.165) is 5.57 Å². The Hall–Kier alpha value is -1.35. The van der Waals surface area contributed by atoms with Crippen molar-refractivity contribution >= 4 is 5.97 Å². The molecule has 0 aromatic carbocycles. The molecule has 16 heavy (non-hydrogen) atoms. The van der Waals surface area contributed by atoms with Crippen LogP contribution in [0.3, 0.4) is 0 Å². The van der Waals surface area contributed by atoms with Crippen LogP contribution >= 0.6 is 0 Å². The van der Waals surface area contributed by atoms with Gasteiger partial charge >= 0.3 is 5.97 Å². The van der Waals surface area contributed by atoms with E-state index in [-0.39, 0.29) is 5.57 Å². The van der Waals surface area contributed by atoms with Crippen molar-refractivity contribution in [3.05, 3.63) is 36.0 Å². The van der Waals surface area contributed by atoms with E-state index in [9.17, 15) is 9.90 Å². The largest absolute Gasteiger partial charge is 0.478 e. The maximum absolute atomic E-state index is 10.7. The van der Waals surface area contributed by atoms with Gasteiger partial charge in [0, 0.05) is 0 Å². The number of aliphatic carboxylic acids is 1. The summed E-state index contributed by atoms with van der Waals surface area (Å²) in [7, 11) is 0. The third-order valence-corrected chi connectivity index (χ3v) is 2.88. The maximum atomic E-state index is 10.7. The van der Waals surface area contributed by atoms with Gasteiger partial charge in [-0.3, -0.25) is 0 Å². The number of carbonyl (C=O) groups is 1. The maximum Gasteiger partial charge on any atom is 0.335 e. The van der Waals surface area contributed by atoms with Crippen LogP contribution in [-0.2, 0) is 4.79 Å². The summed E-state index contributed by atoms with van der Waals surface area (Å²) >= 11 is 0. The second-order valence-electron chi connectivity index (χ2n) is 3.72. The van der Waals surface area contributed by atoms with Gasteiger partial charge in [-0.05, 0) is 31.4 Å². The summed E-state index contributed by atoms with van der Waals surface area (Å²) in [5.41, 5.74) is 0.0355. The molecule has 0 amide bonds. The Kier molecular flexibility index (Phi) is 5.75. The zero-order chi connectivity index (χ0) is 12.8. The predicted molar refractivity (Wildman–Crippen MR) is 65.2 cm³/mol. The van der Waals surface area contributed by atoms with Crippen molar-refractivity contribution in [3.63, 3.8) is 0 Å². The number of carboxylic acid groups (broad SMARTS) is 1. The van der Waals surface area contributed by atoms with Crippen molar-refractivity contribution in [3.8, 4) is 0 Å². The molecule has 0 heterocycles. The monoisotopic (exact) mass is 224 g/mol. The molecule has 0 unspecified atom stereocenters. The van der Waals surface area contributed by atoms with Gasteiger partial charge in [0.05, 0.1) is 11.2 Å². The average Bonchev–Trinajstić information content (AvgIpc) is 2.28. The number of aliphatic hydroxyl groups is 1. The number of hydrogen-bond acceptors (Lipinski definition) is 2. The van der Waals surface area contributed by atoms with Crippen LogP contribution in [-0.4, -0.2) is 21.8 Å². The molecular formula is C13H20O3. The third kappa shape index (κ3) is 3.66. The zero-order valence-corrected chi connectivity index (χ0v) is 10.2. The highest BCUT2D eigenvalue weighted by atomic mass is 16.4.